The van der Waals surface area contributed by atoms with E-state index in [2.05, 4.69) is 4.98 Å². The molecular formula is C13H9FN2O2S. The Balaban J connectivity index is 2.07. The fourth-order valence-electron chi connectivity index (χ4n) is 1.77. The van der Waals surface area contributed by atoms with E-state index in [4.69, 9.17) is 4.74 Å². The van der Waals surface area contributed by atoms with Crippen molar-refractivity contribution in [2.45, 2.75) is 6.92 Å². The molecule has 3 aromatic rings. The van der Waals surface area contributed by atoms with Gasteiger partial charge in [0.15, 0.2) is 28.5 Å². The average Bonchev–Trinajstić information content (AvgIpc) is 2.95. The van der Waals surface area contributed by atoms with Crippen LogP contribution in [0, 0.1) is 12.7 Å². The smallest absolute Gasteiger partial charge is 0.250 e. The van der Waals surface area contributed by atoms with Crippen LogP contribution in [0.4, 0.5) is 4.39 Å². The lowest BCUT2D eigenvalue weighted by Gasteiger charge is -2.05. The number of rotatable bonds is 3. The van der Waals surface area contributed by atoms with Crippen LogP contribution in [0.25, 0.3) is 4.96 Å². The molecule has 0 aliphatic rings. The first-order valence-corrected chi connectivity index (χ1v) is 6.42. The molecule has 0 spiro atoms. The van der Waals surface area contributed by atoms with Gasteiger partial charge >= 0.3 is 0 Å². The lowest BCUT2D eigenvalue weighted by atomic mass is 10.2. The highest BCUT2D eigenvalue weighted by Crippen LogP contribution is 2.29. The Morgan fingerprint density at radius 3 is 3.11 bits per heavy atom. The third-order valence-electron chi connectivity index (χ3n) is 2.74. The minimum atomic E-state index is -0.448. The highest BCUT2D eigenvalue weighted by atomic mass is 32.1. The van der Waals surface area contributed by atoms with E-state index >= 15 is 0 Å². The molecule has 0 saturated carbocycles. The van der Waals surface area contributed by atoms with Crippen molar-refractivity contribution in [3.8, 4) is 11.6 Å². The number of aromatic nitrogens is 2. The second-order valence-electron chi connectivity index (χ2n) is 3.96. The van der Waals surface area contributed by atoms with Crippen molar-refractivity contribution in [1.82, 2.24) is 9.38 Å². The molecule has 2 aromatic heterocycles. The topological polar surface area (TPSA) is 43.6 Å². The van der Waals surface area contributed by atoms with Crippen LogP contribution in [0.5, 0.6) is 11.6 Å². The van der Waals surface area contributed by atoms with Crippen molar-refractivity contribution in [2.24, 2.45) is 0 Å². The summed E-state index contributed by atoms with van der Waals surface area (Å²) in [6, 6.07) is 4.84. The van der Waals surface area contributed by atoms with Gasteiger partial charge in [0, 0.05) is 11.6 Å². The van der Waals surface area contributed by atoms with E-state index in [1.807, 2.05) is 5.38 Å². The first kappa shape index (κ1) is 11.9. The van der Waals surface area contributed by atoms with Gasteiger partial charge in [-0.15, -0.1) is 11.3 Å². The molecule has 0 atom stereocenters. The first-order chi connectivity index (χ1) is 9.20. The van der Waals surface area contributed by atoms with Crippen LogP contribution in [0.1, 0.15) is 16.1 Å². The molecule has 2 heterocycles. The predicted molar refractivity (Wildman–Crippen MR) is 69.7 cm³/mol. The summed E-state index contributed by atoms with van der Waals surface area (Å²) in [6.45, 7) is 1.65. The van der Waals surface area contributed by atoms with Gasteiger partial charge in [-0.3, -0.25) is 9.20 Å². The van der Waals surface area contributed by atoms with Crippen molar-refractivity contribution in [2.75, 3.05) is 0 Å². The van der Waals surface area contributed by atoms with Crippen LogP contribution in [0.2, 0.25) is 0 Å². The van der Waals surface area contributed by atoms with Gasteiger partial charge in [0.1, 0.15) is 0 Å². The second-order valence-corrected chi connectivity index (χ2v) is 4.84. The fraction of sp³-hybridized carbons (Fsp3) is 0.0769. The van der Waals surface area contributed by atoms with Gasteiger partial charge in [-0.25, -0.2) is 4.39 Å². The summed E-state index contributed by atoms with van der Waals surface area (Å²) in [5.41, 5.74) is 0.753. The number of halogens is 1. The van der Waals surface area contributed by atoms with Crippen LogP contribution in [-0.2, 0) is 0 Å². The maximum atomic E-state index is 13.9. The van der Waals surface area contributed by atoms with Gasteiger partial charge in [0.2, 0.25) is 5.88 Å². The van der Waals surface area contributed by atoms with Crippen molar-refractivity contribution < 1.29 is 13.9 Å². The van der Waals surface area contributed by atoms with Gasteiger partial charge in [-0.05, 0) is 18.6 Å². The highest BCUT2D eigenvalue weighted by Gasteiger charge is 2.16. The zero-order chi connectivity index (χ0) is 13.4. The van der Waals surface area contributed by atoms with E-state index in [9.17, 15) is 9.18 Å². The number of thiazole rings is 1. The molecule has 1 aromatic carbocycles. The molecule has 3 rings (SSSR count). The zero-order valence-electron chi connectivity index (χ0n) is 9.96. The Kier molecular flexibility index (Phi) is 2.79. The second kappa shape index (κ2) is 4.47. The minimum absolute atomic E-state index is 0.0638. The third-order valence-corrected chi connectivity index (χ3v) is 3.50. The number of aryl methyl sites for hydroxylation is 1. The summed E-state index contributed by atoms with van der Waals surface area (Å²) in [6.07, 6.45) is 2.37. The molecule has 4 nitrogen and oxygen atoms in total. The largest absolute Gasteiger partial charge is 0.434 e. The maximum absolute atomic E-state index is 13.9. The lowest BCUT2D eigenvalue weighted by molar-refractivity contribution is 0.111. The molecule has 0 aliphatic heterocycles. The van der Waals surface area contributed by atoms with E-state index in [1.54, 1.807) is 29.7 Å². The van der Waals surface area contributed by atoms with Crippen LogP contribution >= 0.6 is 11.3 Å². The molecular weight excluding hydrogens is 267 g/mol. The van der Waals surface area contributed by atoms with Crippen LogP contribution < -0.4 is 4.74 Å². The average molecular weight is 276 g/mol. The molecule has 6 heteroatoms. The molecule has 0 unspecified atom stereocenters. The zero-order valence-corrected chi connectivity index (χ0v) is 10.8. The molecule has 96 valence electrons. The van der Waals surface area contributed by atoms with Gasteiger partial charge in [0.05, 0.1) is 0 Å². The number of fused-ring (bicyclic) bond motifs is 1. The van der Waals surface area contributed by atoms with Gasteiger partial charge in [-0.1, -0.05) is 12.1 Å². The van der Waals surface area contributed by atoms with E-state index in [0.29, 0.717) is 16.8 Å². The van der Waals surface area contributed by atoms with E-state index in [0.717, 1.165) is 0 Å². The number of hydrogen-bond donors (Lipinski definition) is 0. The molecule has 0 amide bonds. The van der Waals surface area contributed by atoms with Crippen LogP contribution in [0.3, 0.4) is 0 Å². The van der Waals surface area contributed by atoms with E-state index < -0.39 is 5.82 Å². The van der Waals surface area contributed by atoms with Crippen LogP contribution in [0.15, 0.2) is 29.8 Å². The number of imidazole rings is 1. The summed E-state index contributed by atoms with van der Waals surface area (Å²) < 4.78 is 20.9. The Bertz CT molecular complexity index is 763. The number of carbonyl (C=O) groups excluding carboxylic acids is 1. The molecule has 0 saturated heterocycles. The number of nitrogens with zero attached hydrogens (tertiary/aromatic N) is 2. The van der Waals surface area contributed by atoms with Crippen LogP contribution in [-0.4, -0.2) is 15.7 Å². The number of carbonyl (C=O) groups is 1. The Hall–Kier alpha value is -2.21. The molecule has 0 radical (unpaired) electrons. The van der Waals surface area contributed by atoms with Gasteiger partial charge < -0.3 is 4.74 Å². The summed E-state index contributed by atoms with van der Waals surface area (Å²) in [5.74, 6) is -0.268. The standard InChI is InChI=1S/C13H9FN2O2S/c1-8-3-2-4-10(11(8)14)18-12-9(7-17)16-5-6-19-13(16)15-12/h2-7H,1H3. The molecule has 19 heavy (non-hydrogen) atoms. The normalized spacial score (nSPS) is 10.8. The number of benzene rings is 1. The number of ether oxygens (including phenoxy) is 1. The number of hydrogen-bond acceptors (Lipinski definition) is 4. The van der Waals surface area contributed by atoms with Crippen molar-refractivity contribution in [3.63, 3.8) is 0 Å². The first-order valence-electron chi connectivity index (χ1n) is 5.54. The van der Waals surface area contributed by atoms with Crippen molar-refractivity contribution in [1.29, 1.82) is 0 Å². The van der Waals surface area contributed by atoms with Gasteiger partial charge in [-0.2, -0.15) is 4.98 Å². The summed E-state index contributed by atoms with van der Waals surface area (Å²) in [5, 5.41) is 1.81. The Morgan fingerprint density at radius 1 is 1.47 bits per heavy atom. The summed E-state index contributed by atoms with van der Waals surface area (Å²) in [7, 11) is 0. The fourth-order valence-corrected chi connectivity index (χ4v) is 2.48. The number of aldehydes is 1. The molecule has 0 fully saturated rings. The maximum Gasteiger partial charge on any atom is 0.250 e. The van der Waals surface area contributed by atoms with Crippen molar-refractivity contribution in [3.05, 3.63) is 46.9 Å². The van der Waals surface area contributed by atoms with Gasteiger partial charge in [0.25, 0.3) is 0 Å². The molecule has 0 aliphatic carbocycles. The molecule has 0 N–H and O–H groups in total. The Morgan fingerprint density at radius 2 is 2.32 bits per heavy atom. The third kappa shape index (κ3) is 1.90. The van der Waals surface area contributed by atoms with E-state index in [1.165, 1.54) is 17.4 Å². The lowest BCUT2D eigenvalue weighted by Crippen LogP contribution is -1.95. The quantitative estimate of drug-likeness (QED) is 0.688. The van der Waals surface area contributed by atoms with E-state index in [-0.39, 0.29) is 17.3 Å². The SMILES string of the molecule is Cc1cccc(Oc2nc3sccn3c2C=O)c1F. The highest BCUT2D eigenvalue weighted by molar-refractivity contribution is 7.15. The minimum Gasteiger partial charge on any atom is -0.434 e. The predicted octanol–water partition coefficient (Wildman–Crippen LogP) is 3.45. The Labute approximate surface area is 112 Å². The monoisotopic (exact) mass is 276 g/mol. The summed E-state index contributed by atoms with van der Waals surface area (Å²) >= 11 is 1.37. The molecule has 0 bridgehead atoms. The van der Waals surface area contributed by atoms with Crippen molar-refractivity contribution >= 4 is 22.6 Å². The summed E-state index contributed by atoms with van der Waals surface area (Å²) in [4.78, 5) is 15.9.